The summed E-state index contributed by atoms with van der Waals surface area (Å²) in [4.78, 5) is 9.63. The summed E-state index contributed by atoms with van der Waals surface area (Å²) in [6.07, 6.45) is 9.84. The fourth-order valence-corrected chi connectivity index (χ4v) is 6.62. The van der Waals surface area contributed by atoms with Crippen LogP contribution < -0.4 is 5.73 Å². The Balaban J connectivity index is 0.00000231. The second kappa shape index (κ2) is 9.29. The van der Waals surface area contributed by atoms with Crippen LogP contribution in [-0.2, 0) is 0 Å². The monoisotopic (exact) mass is 491 g/mol. The van der Waals surface area contributed by atoms with Gasteiger partial charge in [0.25, 0.3) is 0 Å². The molecule has 162 valence electrons. The average molecular weight is 493 g/mol. The van der Waals surface area contributed by atoms with Gasteiger partial charge in [0.15, 0.2) is 0 Å². The summed E-state index contributed by atoms with van der Waals surface area (Å²) in [6, 6.07) is 14.9. The molecule has 2 atom stereocenters. The number of hydrogen-bond donors (Lipinski definition) is 1. The van der Waals surface area contributed by atoms with Crippen molar-refractivity contribution >= 4 is 47.4 Å². The Hall–Kier alpha value is -1.30. The van der Waals surface area contributed by atoms with Gasteiger partial charge in [0.2, 0.25) is 0 Å². The Bertz CT molecular complexity index is 1070. The van der Waals surface area contributed by atoms with Gasteiger partial charge in [0, 0.05) is 34.7 Å². The van der Waals surface area contributed by atoms with Crippen LogP contribution in [0.5, 0.6) is 0 Å². The van der Waals surface area contributed by atoms with Crippen LogP contribution in [0.2, 0.25) is 10.2 Å². The fraction of sp³-hybridized carbons (Fsp3) is 0.333. The maximum atomic E-state index is 6.89. The van der Waals surface area contributed by atoms with E-state index in [0.717, 1.165) is 9.92 Å². The number of pyridine rings is 2. The van der Waals surface area contributed by atoms with Crippen molar-refractivity contribution in [3.63, 3.8) is 0 Å². The molecule has 3 aromatic rings. The number of halogens is 3. The van der Waals surface area contributed by atoms with E-state index in [1.54, 1.807) is 6.20 Å². The predicted octanol–water partition coefficient (Wildman–Crippen LogP) is 7.45. The van der Waals surface area contributed by atoms with Gasteiger partial charge < -0.3 is 5.73 Å². The molecule has 0 aliphatic heterocycles. The van der Waals surface area contributed by atoms with Crippen LogP contribution in [0.15, 0.2) is 64.8 Å². The Labute approximate surface area is 203 Å². The van der Waals surface area contributed by atoms with Gasteiger partial charge in [0.1, 0.15) is 10.2 Å². The highest BCUT2D eigenvalue weighted by Gasteiger charge is 2.52. The van der Waals surface area contributed by atoms with Crippen LogP contribution in [-0.4, -0.2) is 9.97 Å². The SMILES string of the molecule is Cl.NC1c2ccccc2C(c2ccc(Sc3ccnc(Cl)c3Cl)nc2)C12CCCCC2. The summed E-state index contributed by atoms with van der Waals surface area (Å²) < 4.78 is 0. The Morgan fingerprint density at radius 1 is 0.935 bits per heavy atom. The lowest BCUT2D eigenvalue weighted by Crippen LogP contribution is -2.36. The van der Waals surface area contributed by atoms with Crippen molar-refractivity contribution in [2.24, 2.45) is 11.1 Å². The van der Waals surface area contributed by atoms with Gasteiger partial charge in [0.05, 0.1) is 5.02 Å². The van der Waals surface area contributed by atoms with Crippen LogP contribution in [0.25, 0.3) is 0 Å². The van der Waals surface area contributed by atoms with E-state index < -0.39 is 0 Å². The molecule has 5 rings (SSSR count). The number of nitrogens with two attached hydrogens (primary N) is 1. The van der Waals surface area contributed by atoms with Crippen LogP contribution in [0.3, 0.4) is 0 Å². The molecule has 1 aromatic carbocycles. The first-order chi connectivity index (χ1) is 14.6. The van der Waals surface area contributed by atoms with Crippen molar-refractivity contribution in [2.75, 3.05) is 0 Å². The normalized spacial score (nSPS) is 21.5. The molecule has 2 aromatic heterocycles. The second-order valence-electron chi connectivity index (χ2n) is 8.28. The van der Waals surface area contributed by atoms with Gasteiger partial charge in [-0.3, -0.25) is 0 Å². The lowest BCUT2D eigenvalue weighted by atomic mass is 9.63. The number of nitrogens with zero attached hydrogens (tertiary/aromatic N) is 2. The molecule has 7 heteroatoms. The zero-order valence-electron chi connectivity index (χ0n) is 16.9. The van der Waals surface area contributed by atoms with Crippen LogP contribution in [0.4, 0.5) is 0 Å². The van der Waals surface area contributed by atoms with Crippen LogP contribution in [0.1, 0.15) is 60.8 Å². The van der Waals surface area contributed by atoms with Crippen molar-refractivity contribution < 1.29 is 0 Å². The Kier molecular flexibility index (Phi) is 6.85. The molecule has 3 nitrogen and oxygen atoms in total. The number of rotatable bonds is 3. The number of benzene rings is 1. The molecule has 0 amide bonds. The van der Waals surface area contributed by atoms with Crippen LogP contribution in [0, 0.1) is 5.41 Å². The Morgan fingerprint density at radius 3 is 2.39 bits per heavy atom. The minimum atomic E-state index is 0. The van der Waals surface area contributed by atoms with Crippen molar-refractivity contribution in [3.05, 3.63) is 81.7 Å². The first-order valence-electron chi connectivity index (χ1n) is 10.4. The summed E-state index contributed by atoms with van der Waals surface area (Å²) in [5.41, 5.74) is 10.9. The topological polar surface area (TPSA) is 51.8 Å². The first kappa shape index (κ1) is 22.9. The minimum Gasteiger partial charge on any atom is -0.323 e. The lowest BCUT2D eigenvalue weighted by molar-refractivity contribution is 0.140. The van der Waals surface area contributed by atoms with E-state index in [1.807, 2.05) is 12.3 Å². The predicted molar refractivity (Wildman–Crippen MR) is 131 cm³/mol. The maximum Gasteiger partial charge on any atom is 0.148 e. The summed E-state index contributed by atoms with van der Waals surface area (Å²) in [5, 5.41) is 1.66. The molecule has 0 radical (unpaired) electrons. The molecule has 31 heavy (non-hydrogen) atoms. The first-order valence-corrected chi connectivity index (χ1v) is 12.0. The second-order valence-corrected chi connectivity index (χ2v) is 10.1. The van der Waals surface area contributed by atoms with Crippen molar-refractivity contribution in [1.29, 1.82) is 0 Å². The standard InChI is InChI=1S/C24H23Cl2N3S.ClH/c25-21-18(10-13-28-23(21)26)30-19-9-8-15(14-29-19)20-16-6-2-3-7-17(16)22(27)24(20)11-4-1-5-12-24;/h2-3,6-10,13-14,20,22H,1,4-5,11-12,27H2;1H. The molecule has 2 unspecified atom stereocenters. The number of hydrogen-bond acceptors (Lipinski definition) is 4. The molecular weight excluding hydrogens is 469 g/mol. The van der Waals surface area contributed by atoms with E-state index in [1.165, 1.54) is 60.6 Å². The molecule has 2 aliphatic carbocycles. The molecule has 0 saturated heterocycles. The van der Waals surface area contributed by atoms with Crippen LogP contribution >= 0.6 is 47.4 Å². The summed E-state index contributed by atoms with van der Waals surface area (Å²) >= 11 is 13.8. The highest BCUT2D eigenvalue weighted by Crippen LogP contribution is 2.62. The third-order valence-corrected chi connectivity index (χ3v) is 8.63. The van der Waals surface area contributed by atoms with E-state index >= 15 is 0 Å². The van der Waals surface area contributed by atoms with E-state index in [2.05, 4.69) is 41.4 Å². The number of fused-ring (bicyclic) bond motifs is 1. The van der Waals surface area contributed by atoms with Gasteiger partial charge >= 0.3 is 0 Å². The molecule has 2 N–H and O–H groups in total. The van der Waals surface area contributed by atoms with Crippen molar-refractivity contribution in [1.82, 2.24) is 9.97 Å². The van der Waals surface area contributed by atoms with Gasteiger partial charge in [-0.1, -0.05) is 84.6 Å². The van der Waals surface area contributed by atoms with Gasteiger partial charge in [-0.05, 0) is 41.7 Å². The largest absolute Gasteiger partial charge is 0.323 e. The van der Waals surface area contributed by atoms with E-state index in [0.29, 0.717) is 16.1 Å². The molecule has 1 saturated carbocycles. The average Bonchev–Trinajstić information content (AvgIpc) is 3.01. The molecule has 2 aliphatic rings. The highest BCUT2D eigenvalue weighted by atomic mass is 35.5. The van der Waals surface area contributed by atoms with E-state index in [-0.39, 0.29) is 23.9 Å². The zero-order valence-corrected chi connectivity index (χ0v) is 20.1. The maximum absolute atomic E-state index is 6.89. The Morgan fingerprint density at radius 2 is 1.68 bits per heavy atom. The zero-order chi connectivity index (χ0) is 20.7. The number of aromatic nitrogens is 2. The molecule has 2 heterocycles. The van der Waals surface area contributed by atoms with Crippen molar-refractivity contribution in [2.45, 2.75) is 54.0 Å². The van der Waals surface area contributed by atoms with E-state index in [9.17, 15) is 0 Å². The summed E-state index contributed by atoms with van der Waals surface area (Å²) in [6.45, 7) is 0. The highest BCUT2D eigenvalue weighted by molar-refractivity contribution is 7.99. The fourth-order valence-electron chi connectivity index (χ4n) is 5.39. The molecule has 1 fully saturated rings. The van der Waals surface area contributed by atoms with Crippen molar-refractivity contribution in [3.8, 4) is 0 Å². The van der Waals surface area contributed by atoms with Gasteiger partial charge in [-0.15, -0.1) is 12.4 Å². The smallest absolute Gasteiger partial charge is 0.148 e. The van der Waals surface area contributed by atoms with Gasteiger partial charge in [-0.25, -0.2) is 9.97 Å². The summed E-state index contributed by atoms with van der Waals surface area (Å²) in [5.74, 6) is 0.300. The lowest BCUT2D eigenvalue weighted by Gasteiger charge is -2.42. The summed E-state index contributed by atoms with van der Waals surface area (Å²) in [7, 11) is 0. The minimum absolute atomic E-state index is 0. The molecular formula is C24H24Cl3N3S. The van der Waals surface area contributed by atoms with Gasteiger partial charge in [-0.2, -0.15) is 0 Å². The molecule has 0 bridgehead atoms. The third-order valence-electron chi connectivity index (χ3n) is 6.74. The van der Waals surface area contributed by atoms with E-state index in [4.69, 9.17) is 33.9 Å². The quantitative estimate of drug-likeness (QED) is 0.386. The molecule has 1 spiro atoms. The third kappa shape index (κ3) is 3.98.